The molecule has 2 aliphatic rings. The fourth-order valence-corrected chi connectivity index (χ4v) is 4.94. The number of nitrogens with zero attached hydrogens (tertiary/aromatic N) is 1. The zero-order valence-corrected chi connectivity index (χ0v) is 14.5. The van der Waals surface area contributed by atoms with Gasteiger partial charge in [0.2, 0.25) is 0 Å². The third-order valence-electron chi connectivity index (χ3n) is 4.31. The Morgan fingerprint density at radius 1 is 1.45 bits per heavy atom. The molecule has 4 heteroatoms. The van der Waals surface area contributed by atoms with Crippen LogP contribution < -0.4 is 5.32 Å². The first kappa shape index (κ1) is 14.5. The van der Waals surface area contributed by atoms with Gasteiger partial charge in [-0.05, 0) is 49.4 Å². The Labute approximate surface area is 134 Å². The molecule has 1 saturated carbocycles. The number of aliphatic imine (C=N–C) groups is 1. The molecule has 0 bridgehead atoms. The molecule has 1 heterocycles. The van der Waals surface area contributed by atoms with E-state index in [4.69, 9.17) is 4.99 Å². The molecule has 3 rings (SSSR count). The maximum absolute atomic E-state index is 5.05. The number of halogens is 1. The van der Waals surface area contributed by atoms with Gasteiger partial charge in [-0.3, -0.25) is 4.99 Å². The molecule has 0 amide bonds. The third kappa shape index (κ3) is 3.06. The molecule has 1 fully saturated rings. The van der Waals surface area contributed by atoms with Gasteiger partial charge in [0, 0.05) is 15.9 Å². The fourth-order valence-electron chi connectivity index (χ4n) is 3.29. The highest BCUT2D eigenvalue weighted by molar-refractivity contribution is 9.10. The number of anilines is 1. The Balaban J connectivity index is 1.75. The first-order valence-electron chi connectivity index (χ1n) is 7.32. The first-order chi connectivity index (χ1) is 9.56. The Morgan fingerprint density at radius 2 is 2.30 bits per heavy atom. The minimum absolute atomic E-state index is 0.216. The molecule has 0 saturated heterocycles. The lowest BCUT2D eigenvalue weighted by atomic mass is 9.78. The van der Waals surface area contributed by atoms with Crippen molar-refractivity contribution in [2.45, 2.75) is 45.1 Å². The van der Waals surface area contributed by atoms with Crippen LogP contribution in [0, 0.1) is 12.8 Å². The van der Waals surface area contributed by atoms with Gasteiger partial charge in [-0.1, -0.05) is 47.5 Å². The van der Waals surface area contributed by atoms with Crippen molar-refractivity contribution in [2.75, 3.05) is 11.1 Å². The van der Waals surface area contributed by atoms with Crippen LogP contribution in [0.15, 0.2) is 27.7 Å². The van der Waals surface area contributed by atoms with Crippen molar-refractivity contribution in [2.24, 2.45) is 10.9 Å². The van der Waals surface area contributed by atoms with Crippen molar-refractivity contribution in [3.8, 4) is 0 Å². The second-order valence-electron chi connectivity index (χ2n) is 6.22. The van der Waals surface area contributed by atoms with Crippen LogP contribution in [0.2, 0.25) is 0 Å². The standard InChI is InChI=1S/C16H21BrN2S/c1-11-4-3-7-16(9-11)10-20-15(19-16)18-14-6-5-13(17)8-12(14)2/h5-6,8,11H,3-4,7,9-10H2,1-2H3,(H,18,19). The molecular formula is C16H21BrN2S. The summed E-state index contributed by atoms with van der Waals surface area (Å²) in [6, 6.07) is 6.34. The van der Waals surface area contributed by atoms with Crippen molar-refractivity contribution in [1.29, 1.82) is 0 Å². The van der Waals surface area contributed by atoms with Crippen LogP contribution in [0.5, 0.6) is 0 Å². The summed E-state index contributed by atoms with van der Waals surface area (Å²) >= 11 is 5.39. The van der Waals surface area contributed by atoms with E-state index < -0.39 is 0 Å². The lowest BCUT2D eigenvalue weighted by Crippen LogP contribution is -2.33. The smallest absolute Gasteiger partial charge is 0.161 e. The monoisotopic (exact) mass is 352 g/mol. The van der Waals surface area contributed by atoms with E-state index in [1.807, 2.05) is 11.8 Å². The van der Waals surface area contributed by atoms with E-state index in [2.05, 4.69) is 53.3 Å². The molecule has 1 aliphatic carbocycles. The lowest BCUT2D eigenvalue weighted by Gasteiger charge is -2.33. The predicted octanol–water partition coefficient (Wildman–Crippen LogP) is 5.22. The van der Waals surface area contributed by atoms with Gasteiger partial charge < -0.3 is 5.32 Å². The van der Waals surface area contributed by atoms with Crippen LogP contribution in [0.1, 0.15) is 38.2 Å². The maximum atomic E-state index is 5.05. The molecule has 0 aromatic heterocycles. The summed E-state index contributed by atoms with van der Waals surface area (Å²) < 4.78 is 1.12. The average molecular weight is 353 g/mol. The van der Waals surface area contributed by atoms with E-state index in [0.717, 1.165) is 21.3 Å². The summed E-state index contributed by atoms with van der Waals surface area (Å²) in [4.78, 5) is 5.05. The molecule has 2 unspecified atom stereocenters. The highest BCUT2D eigenvalue weighted by Crippen LogP contribution is 2.42. The minimum atomic E-state index is 0.216. The molecule has 1 aromatic rings. The van der Waals surface area contributed by atoms with Crippen molar-refractivity contribution in [3.63, 3.8) is 0 Å². The van der Waals surface area contributed by atoms with Crippen LogP contribution in [0.4, 0.5) is 5.69 Å². The van der Waals surface area contributed by atoms with Gasteiger partial charge in [0.15, 0.2) is 5.17 Å². The summed E-state index contributed by atoms with van der Waals surface area (Å²) in [7, 11) is 0. The molecule has 1 N–H and O–H groups in total. The summed E-state index contributed by atoms with van der Waals surface area (Å²) in [6.07, 6.45) is 5.21. The molecule has 1 aromatic carbocycles. The van der Waals surface area contributed by atoms with Crippen LogP contribution in [0.25, 0.3) is 0 Å². The molecule has 2 atom stereocenters. The topological polar surface area (TPSA) is 24.4 Å². The van der Waals surface area contributed by atoms with Crippen LogP contribution >= 0.6 is 27.7 Å². The van der Waals surface area contributed by atoms with Gasteiger partial charge >= 0.3 is 0 Å². The zero-order valence-electron chi connectivity index (χ0n) is 12.1. The summed E-state index contributed by atoms with van der Waals surface area (Å²) in [5.41, 5.74) is 2.63. The molecule has 1 aliphatic heterocycles. The number of nitrogens with one attached hydrogen (secondary N) is 1. The van der Waals surface area contributed by atoms with E-state index in [9.17, 15) is 0 Å². The van der Waals surface area contributed by atoms with Crippen LogP contribution in [-0.2, 0) is 0 Å². The van der Waals surface area contributed by atoms with E-state index in [1.165, 1.54) is 36.9 Å². The van der Waals surface area contributed by atoms with Gasteiger partial charge in [0.1, 0.15) is 0 Å². The largest absolute Gasteiger partial charge is 0.335 e. The number of thioether (sulfide) groups is 1. The van der Waals surface area contributed by atoms with Crippen molar-refractivity contribution in [1.82, 2.24) is 0 Å². The van der Waals surface area contributed by atoms with Gasteiger partial charge in [-0.25, -0.2) is 0 Å². The number of hydrogen-bond acceptors (Lipinski definition) is 3. The SMILES string of the molecule is Cc1cc(Br)ccc1NC1=NC2(CCCC(C)C2)CS1. The Hall–Kier alpha value is -0.480. The normalized spacial score (nSPS) is 29.6. The van der Waals surface area contributed by atoms with E-state index in [1.54, 1.807) is 0 Å². The molecule has 1 spiro atoms. The molecule has 0 radical (unpaired) electrons. The summed E-state index contributed by atoms with van der Waals surface area (Å²) in [5.74, 6) is 1.97. The minimum Gasteiger partial charge on any atom is -0.335 e. The summed E-state index contributed by atoms with van der Waals surface area (Å²) in [5, 5.41) is 4.62. The quantitative estimate of drug-likeness (QED) is 0.748. The van der Waals surface area contributed by atoms with Gasteiger partial charge in [0.05, 0.1) is 5.54 Å². The second kappa shape index (κ2) is 5.72. The predicted molar refractivity (Wildman–Crippen MR) is 92.8 cm³/mol. The van der Waals surface area contributed by atoms with Crippen LogP contribution in [-0.4, -0.2) is 16.5 Å². The van der Waals surface area contributed by atoms with Crippen molar-refractivity contribution >= 4 is 38.5 Å². The number of benzene rings is 1. The zero-order chi connectivity index (χ0) is 14.2. The molecule has 2 nitrogen and oxygen atoms in total. The fraction of sp³-hybridized carbons (Fsp3) is 0.562. The first-order valence-corrected chi connectivity index (χ1v) is 9.10. The highest BCUT2D eigenvalue weighted by atomic mass is 79.9. The average Bonchev–Trinajstić information content (AvgIpc) is 2.75. The van der Waals surface area contributed by atoms with E-state index in [0.29, 0.717) is 0 Å². The molecule has 108 valence electrons. The van der Waals surface area contributed by atoms with Gasteiger partial charge in [-0.15, -0.1) is 0 Å². The third-order valence-corrected chi connectivity index (χ3v) is 5.96. The number of aryl methyl sites for hydroxylation is 1. The Bertz CT molecular complexity index is 543. The summed E-state index contributed by atoms with van der Waals surface area (Å²) in [6.45, 7) is 4.50. The lowest BCUT2D eigenvalue weighted by molar-refractivity contribution is 0.266. The maximum Gasteiger partial charge on any atom is 0.161 e. The van der Waals surface area contributed by atoms with Gasteiger partial charge in [-0.2, -0.15) is 0 Å². The Kier molecular flexibility index (Phi) is 4.14. The number of hydrogen-bond donors (Lipinski definition) is 1. The Morgan fingerprint density at radius 3 is 3.05 bits per heavy atom. The molecule has 20 heavy (non-hydrogen) atoms. The van der Waals surface area contributed by atoms with E-state index >= 15 is 0 Å². The highest BCUT2D eigenvalue weighted by Gasteiger charge is 2.39. The van der Waals surface area contributed by atoms with Gasteiger partial charge in [0.25, 0.3) is 0 Å². The number of amidine groups is 1. The van der Waals surface area contributed by atoms with E-state index in [-0.39, 0.29) is 5.54 Å². The van der Waals surface area contributed by atoms with Crippen molar-refractivity contribution < 1.29 is 0 Å². The second-order valence-corrected chi connectivity index (χ2v) is 8.10. The van der Waals surface area contributed by atoms with Crippen molar-refractivity contribution in [3.05, 3.63) is 28.2 Å². The number of rotatable bonds is 1. The van der Waals surface area contributed by atoms with Crippen LogP contribution in [0.3, 0.4) is 0 Å². The molecular weight excluding hydrogens is 332 g/mol.